The van der Waals surface area contributed by atoms with E-state index in [1.54, 1.807) is 0 Å². The Labute approximate surface area is 145 Å². The lowest BCUT2D eigenvalue weighted by atomic mass is 10.1. The van der Waals surface area contributed by atoms with Crippen LogP contribution in [0, 0.1) is 6.92 Å². The minimum atomic E-state index is -0.0600. The van der Waals surface area contributed by atoms with Crippen molar-refractivity contribution in [2.45, 2.75) is 45.6 Å². The minimum absolute atomic E-state index is 0.0109. The average molecular weight is 347 g/mol. The lowest BCUT2D eigenvalue weighted by Gasteiger charge is -2.32. The van der Waals surface area contributed by atoms with Gasteiger partial charge in [0.15, 0.2) is 0 Å². The molecule has 2 aromatic rings. The number of piperidine rings is 1. The number of aromatic nitrogens is 4. The van der Waals surface area contributed by atoms with Gasteiger partial charge in [-0.2, -0.15) is 5.10 Å². The van der Waals surface area contributed by atoms with E-state index in [2.05, 4.69) is 26.7 Å². The maximum absolute atomic E-state index is 12.8. The Morgan fingerprint density at radius 2 is 2.25 bits per heavy atom. The van der Waals surface area contributed by atoms with E-state index in [9.17, 15) is 4.79 Å². The van der Waals surface area contributed by atoms with Crippen LogP contribution >= 0.6 is 11.5 Å². The lowest BCUT2D eigenvalue weighted by Crippen LogP contribution is -2.44. The van der Waals surface area contributed by atoms with Crippen molar-refractivity contribution >= 4 is 17.4 Å². The summed E-state index contributed by atoms with van der Waals surface area (Å²) in [6.07, 6.45) is 3.48. The molecule has 1 unspecified atom stereocenters. The minimum Gasteiger partial charge on any atom is -0.471 e. The summed E-state index contributed by atoms with van der Waals surface area (Å²) in [7, 11) is 0. The molecule has 1 aliphatic rings. The quantitative estimate of drug-likeness (QED) is 0.825. The molecule has 24 heavy (non-hydrogen) atoms. The molecule has 0 saturated carbocycles. The molecular weight excluding hydrogens is 326 g/mol. The number of carbonyl (C=O) groups excluding carboxylic acids is 1. The van der Waals surface area contributed by atoms with E-state index in [-0.39, 0.29) is 12.0 Å². The van der Waals surface area contributed by atoms with Crippen LogP contribution in [-0.2, 0) is 6.42 Å². The molecule has 1 atom stereocenters. The van der Waals surface area contributed by atoms with Gasteiger partial charge in [0.25, 0.3) is 5.91 Å². The Balaban J connectivity index is 1.65. The van der Waals surface area contributed by atoms with Crippen LogP contribution in [0.1, 0.15) is 47.2 Å². The fourth-order valence-electron chi connectivity index (χ4n) is 2.75. The van der Waals surface area contributed by atoms with Crippen molar-refractivity contribution < 1.29 is 9.53 Å². The Morgan fingerprint density at radius 3 is 3.00 bits per heavy atom. The summed E-state index contributed by atoms with van der Waals surface area (Å²) in [6, 6.07) is 3.68. The smallest absolute Gasteiger partial charge is 0.267 e. The van der Waals surface area contributed by atoms with Gasteiger partial charge in [-0.25, -0.2) is 0 Å². The van der Waals surface area contributed by atoms with Gasteiger partial charge in [-0.3, -0.25) is 4.79 Å². The predicted molar refractivity (Wildman–Crippen MR) is 90.2 cm³/mol. The summed E-state index contributed by atoms with van der Waals surface area (Å²) in [5.74, 6) is 0.516. The van der Waals surface area contributed by atoms with Gasteiger partial charge in [0, 0.05) is 12.6 Å². The normalized spacial score (nSPS) is 17.8. The van der Waals surface area contributed by atoms with Crippen molar-refractivity contribution in [3.63, 3.8) is 0 Å². The van der Waals surface area contributed by atoms with Crippen molar-refractivity contribution in [3.8, 4) is 5.88 Å². The molecular formula is C16H21N5O2S. The monoisotopic (exact) mass is 347 g/mol. The van der Waals surface area contributed by atoms with Crippen molar-refractivity contribution in [3.05, 3.63) is 28.4 Å². The van der Waals surface area contributed by atoms with Crippen LogP contribution < -0.4 is 4.74 Å². The Bertz CT molecular complexity index is 688. The highest BCUT2D eigenvalue weighted by molar-refractivity contribution is 7.08. The SMILES string of the molecule is CCCc1nnsc1C(=O)N1CCCC(Oc2ccc(C)nn2)C1. The largest absolute Gasteiger partial charge is 0.471 e. The molecule has 2 aromatic heterocycles. The molecule has 3 heterocycles. The number of likely N-dealkylation sites (tertiary alicyclic amines) is 1. The molecule has 128 valence electrons. The summed E-state index contributed by atoms with van der Waals surface area (Å²) >= 11 is 1.18. The molecule has 0 N–H and O–H groups in total. The van der Waals surface area contributed by atoms with E-state index < -0.39 is 0 Å². The maximum atomic E-state index is 12.8. The third kappa shape index (κ3) is 3.87. The van der Waals surface area contributed by atoms with E-state index >= 15 is 0 Å². The highest BCUT2D eigenvalue weighted by Gasteiger charge is 2.28. The van der Waals surface area contributed by atoms with Crippen LogP contribution in [0.5, 0.6) is 5.88 Å². The number of carbonyl (C=O) groups is 1. The molecule has 7 nitrogen and oxygen atoms in total. The summed E-state index contributed by atoms with van der Waals surface area (Å²) in [4.78, 5) is 15.3. The average Bonchev–Trinajstić information content (AvgIpc) is 3.05. The highest BCUT2D eigenvalue weighted by Crippen LogP contribution is 2.21. The summed E-state index contributed by atoms with van der Waals surface area (Å²) < 4.78 is 9.84. The number of rotatable bonds is 5. The standard InChI is InChI=1S/C16H21N5O2S/c1-3-5-13-15(24-20-18-13)16(22)21-9-4-6-12(10-21)23-14-8-7-11(2)17-19-14/h7-8,12H,3-6,9-10H2,1-2H3. The molecule has 3 rings (SSSR count). The van der Waals surface area contributed by atoms with Crippen LogP contribution in [-0.4, -0.2) is 49.8 Å². The van der Waals surface area contributed by atoms with E-state index in [1.165, 1.54) is 11.5 Å². The second-order valence-corrected chi connectivity index (χ2v) is 6.70. The molecule has 0 radical (unpaired) electrons. The van der Waals surface area contributed by atoms with Gasteiger partial charge in [0.05, 0.1) is 17.9 Å². The van der Waals surface area contributed by atoms with Crippen LogP contribution in [0.3, 0.4) is 0 Å². The summed E-state index contributed by atoms with van der Waals surface area (Å²) in [6.45, 7) is 5.25. The molecule has 1 amide bonds. The maximum Gasteiger partial charge on any atom is 0.267 e. The van der Waals surface area contributed by atoms with Crippen molar-refractivity contribution in [1.29, 1.82) is 0 Å². The van der Waals surface area contributed by atoms with Gasteiger partial charge >= 0.3 is 0 Å². The predicted octanol–water partition coefficient (Wildman–Crippen LogP) is 2.27. The molecule has 1 aliphatic heterocycles. The van der Waals surface area contributed by atoms with Crippen molar-refractivity contribution in [2.75, 3.05) is 13.1 Å². The molecule has 1 saturated heterocycles. The van der Waals surface area contributed by atoms with E-state index in [0.717, 1.165) is 43.6 Å². The fourth-order valence-corrected chi connectivity index (χ4v) is 3.43. The number of hydrogen-bond acceptors (Lipinski definition) is 7. The number of aryl methyl sites for hydroxylation is 2. The van der Waals surface area contributed by atoms with Crippen LogP contribution in [0.25, 0.3) is 0 Å². The number of hydrogen-bond donors (Lipinski definition) is 0. The first-order chi connectivity index (χ1) is 11.7. The number of amides is 1. The van der Waals surface area contributed by atoms with Gasteiger partial charge in [-0.1, -0.05) is 17.8 Å². The van der Waals surface area contributed by atoms with Gasteiger partial charge < -0.3 is 9.64 Å². The first-order valence-corrected chi connectivity index (χ1v) is 9.02. The van der Waals surface area contributed by atoms with Gasteiger partial charge in [0.1, 0.15) is 11.0 Å². The van der Waals surface area contributed by atoms with Gasteiger partial charge in [-0.15, -0.1) is 10.2 Å². The first kappa shape index (κ1) is 16.8. The molecule has 8 heteroatoms. The molecule has 0 spiro atoms. The third-order valence-corrected chi connectivity index (χ3v) is 4.72. The third-order valence-electron chi connectivity index (χ3n) is 3.96. The van der Waals surface area contributed by atoms with Gasteiger partial charge in [0.2, 0.25) is 5.88 Å². The van der Waals surface area contributed by atoms with E-state index in [0.29, 0.717) is 17.3 Å². The van der Waals surface area contributed by atoms with E-state index in [1.807, 2.05) is 24.0 Å². The molecule has 1 fully saturated rings. The van der Waals surface area contributed by atoms with Crippen LogP contribution in [0.2, 0.25) is 0 Å². The lowest BCUT2D eigenvalue weighted by molar-refractivity contribution is 0.0528. The molecule has 0 aromatic carbocycles. The Morgan fingerprint density at radius 1 is 1.38 bits per heavy atom. The zero-order valence-corrected chi connectivity index (χ0v) is 14.8. The van der Waals surface area contributed by atoms with Crippen molar-refractivity contribution in [1.82, 2.24) is 24.7 Å². The van der Waals surface area contributed by atoms with Crippen LogP contribution in [0.4, 0.5) is 0 Å². The number of nitrogens with zero attached hydrogens (tertiary/aromatic N) is 5. The van der Waals surface area contributed by atoms with Gasteiger partial charge in [-0.05, 0) is 43.8 Å². The zero-order valence-electron chi connectivity index (χ0n) is 13.9. The molecule has 0 bridgehead atoms. The topological polar surface area (TPSA) is 81.1 Å². The first-order valence-electron chi connectivity index (χ1n) is 8.25. The molecule has 0 aliphatic carbocycles. The highest BCUT2D eigenvalue weighted by atomic mass is 32.1. The zero-order chi connectivity index (χ0) is 16.9. The van der Waals surface area contributed by atoms with Crippen LogP contribution in [0.15, 0.2) is 12.1 Å². The Kier molecular flexibility index (Phi) is 5.34. The second-order valence-electron chi connectivity index (χ2n) is 5.94. The second kappa shape index (κ2) is 7.65. The number of ether oxygens (including phenoxy) is 1. The summed E-state index contributed by atoms with van der Waals surface area (Å²) in [5.41, 5.74) is 1.66. The van der Waals surface area contributed by atoms with Crippen molar-refractivity contribution in [2.24, 2.45) is 0 Å². The fraction of sp³-hybridized carbons (Fsp3) is 0.562. The van der Waals surface area contributed by atoms with E-state index in [4.69, 9.17) is 4.74 Å². The summed E-state index contributed by atoms with van der Waals surface area (Å²) in [5, 5.41) is 12.1. The Hall–Kier alpha value is -2.09.